The van der Waals surface area contributed by atoms with Gasteiger partial charge in [0.2, 0.25) is 0 Å². The van der Waals surface area contributed by atoms with Gasteiger partial charge in [-0.1, -0.05) is 0 Å². The second kappa shape index (κ2) is 6.04. The predicted molar refractivity (Wildman–Crippen MR) is 74.2 cm³/mol. The van der Waals surface area contributed by atoms with Crippen LogP contribution in [0.15, 0.2) is 41.3 Å². The number of nitrogens with zero attached hydrogens (tertiary/aromatic N) is 2. The summed E-state index contributed by atoms with van der Waals surface area (Å²) in [6.07, 6.45) is 2.41. The maximum atomic E-state index is 11.6. The zero-order valence-corrected chi connectivity index (χ0v) is 10.9. The topological polar surface area (TPSA) is 70.1 Å². The molecule has 0 aliphatic rings. The van der Waals surface area contributed by atoms with Crippen molar-refractivity contribution in [2.24, 2.45) is 0 Å². The number of aryl methyl sites for hydroxylation is 2. The minimum atomic E-state index is -0.0764. The van der Waals surface area contributed by atoms with Gasteiger partial charge in [0.15, 0.2) is 0 Å². The summed E-state index contributed by atoms with van der Waals surface area (Å²) >= 11 is 0. The Morgan fingerprint density at radius 3 is 2.74 bits per heavy atom. The van der Waals surface area contributed by atoms with Crippen molar-refractivity contribution in [2.75, 3.05) is 12.3 Å². The molecule has 5 heteroatoms. The molecule has 0 saturated heterocycles. The fourth-order valence-electron chi connectivity index (χ4n) is 1.66. The Morgan fingerprint density at radius 2 is 2.05 bits per heavy atom. The molecule has 0 spiro atoms. The monoisotopic (exact) mass is 259 g/mol. The van der Waals surface area contributed by atoms with E-state index in [1.165, 1.54) is 4.68 Å². The van der Waals surface area contributed by atoms with Crippen molar-refractivity contribution < 1.29 is 4.74 Å². The van der Waals surface area contributed by atoms with Gasteiger partial charge < -0.3 is 10.5 Å². The van der Waals surface area contributed by atoms with E-state index in [4.69, 9.17) is 10.5 Å². The van der Waals surface area contributed by atoms with Crippen LogP contribution < -0.4 is 16.0 Å². The highest BCUT2D eigenvalue weighted by molar-refractivity contribution is 5.41. The first kappa shape index (κ1) is 13.1. The molecule has 1 aromatic carbocycles. The molecule has 2 aromatic rings. The van der Waals surface area contributed by atoms with Crippen LogP contribution in [0.5, 0.6) is 5.75 Å². The van der Waals surface area contributed by atoms with Crippen molar-refractivity contribution in [3.05, 3.63) is 52.4 Å². The van der Waals surface area contributed by atoms with E-state index in [0.717, 1.165) is 17.7 Å². The number of aromatic nitrogens is 2. The number of benzene rings is 1. The van der Waals surface area contributed by atoms with E-state index in [2.05, 4.69) is 5.10 Å². The Balaban J connectivity index is 1.80. The fourth-order valence-corrected chi connectivity index (χ4v) is 1.66. The van der Waals surface area contributed by atoms with Gasteiger partial charge in [-0.3, -0.25) is 4.79 Å². The average Bonchev–Trinajstić information content (AvgIpc) is 2.39. The third kappa shape index (κ3) is 3.84. The SMILES string of the molecule is Cc1cnn(CCCOc2ccc(N)cc2)c(=O)c1. The first-order chi connectivity index (χ1) is 9.15. The lowest BCUT2D eigenvalue weighted by atomic mass is 10.3. The molecule has 0 saturated carbocycles. The maximum absolute atomic E-state index is 11.6. The lowest BCUT2D eigenvalue weighted by Crippen LogP contribution is -2.23. The number of anilines is 1. The highest BCUT2D eigenvalue weighted by Crippen LogP contribution is 2.13. The van der Waals surface area contributed by atoms with Gasteiger partial charge in [0.1, 0.15) is 5.75 Å². The molecular weight excluding hydrogens is 242 g/mol. The Kier molecular flexibility index (Phi) is 4.18. The normalized spacial score (nSPS) is 10.4. The van der Waals surface area contributed by atoms with Gasteiger partial charge in [-0.2, -0.15) is 5.10 Å². The number of rotatable bonds is 5. The molecule has 2 rings (SSSR count). The Labute approximate surface area is 111 Å². The summed E-state index contributed by atoms with van der Waals surface area (Å²) in [6.45, 7) is 2.93. The molecule has 1 heterocycles. The molecule has 5 nitrogen and oxygen atoms in total. The lowest BCUT2D eigenvalue weighted by molar-refractivity contribution is 0.297. The first-order valence-electron chi connectivity index (χ1n) is 6.17. The third-order valence-corrected chi connectivity index (χ3v) is 2.67. The zero-order chi connectivity index (χ0) is 13.7. The van der Waals surface area contributed by atoms with Crippen LogP contribution in [-0.4, -0.2) is 16.4 Å². The van der Waals surface area contributed by atoms with Gasteiger partial charge in [0.05, 0.1) is 12.8 Å². The summed E-state index contributed by atoms with van der Waals surface area (Å²) in [6, 6.07) is 8.81. The van der Waals surface area contributed by atoms with Gasteiger partial charge in [-0.15, -0.1) is 0 Å². The van der Waals surface area contributed by atoms with Crippen LogP contribution in [0.1, 0.15) is 12.0 Å². The average molecular weight is 259 g/mol. The summed E-state index contributed by atoms with van der Waals surface area (Å²) in [7, 11) is 0. The van der Waals surface area contributed by atoms with E-state index in [1.807, 2.05) is 19.1 Å². The zero-order valence-electron chi connectivity index (χ0n) is 10.9. The van der Waals surface area contributed by atoms with Gasteiger partial charge in [-0.25, -0.2) is 4.68 Å². The van der Waals surface area contributed by atoms with Crippen LogP contribution in [0.25, 0.3) is 0 Å². The van der Waals surface area contributed by atoms with Crippen molar-refractivity contribution >= 4 is 5.69 Å². The molecule has 0 fully saturated rings. The van der Waals surface area contributed by atoms with Crippen LogP contribution in [0.3, 0.4) is 0 Å². The largest absolute Gasteiger partial charge is 0.494 e. The minimum Gasteiger partial charge on any atom is -0.494 e. The molecule has 2 N–H and O–H groups in total. The standard InChI is InChI=1S/C14H17N3O2/c1-11-9-14(18)17(16-10-11)7-2-8-19-13-5-3-12(15)4-6-13/h3-6,9-10H,2,7-8,15H2,1H3. The molecule has 0 atom stereocenters. The highest BCUT2D eigenvalue weighted by atomic mass is 16.5. The molecule has 0 aliphatic heterocycles. The summed E-state index contributed by atoms with van der Waals surface area (Å²) in [5.41, 5.74) is 7.09. The number of hydrogen-bond donors (Lipinski definition) is 1. The van der Waals surface area contributed by atoms with Gasteiger partial charge in [-0.05, 0) is 36.8 Å². The first-order valence-corrected chi connectivity index (χ1v) is 6.17. The van der Waals surface area contributed by atoms with Gasteiger partial charge >= 0.3 is 0 Å². The van der Waals surface area contributed by atoms with E-state index in [1.54, 1.807) is 24.4 Å². The molecule has 19 heavy (non-hydrogen) atoms. The van der Waals surface area contributed by atoms with E-state index < -0.39 is 0 Å². The highest BCUT2D eigenvalue weighted by Gasteiger charge is 1.98. The molecule has 0 aliphatic carbocycles. The van der Waals surface area contributed by atoms with E-state index >= 15 is 0 Å². The van der Waals surface area contributed by atoms with E-state index in [0.29, 0.717) is 18.8 Å². The summed E-state index contributed by atoms with van der Waals surface area (Å²) in [5, 5.41) is 4.07. The van der Waals surface area contributed by atoms with Crippen molar-refractivity contribution in [3.8, 4) is 5.75 Å². The molecule has 0 bridgehead atoms. The van der Waals surface area contributed by atoms with Crippen molar-refractivity contribution in [2.45, 2.75) is 19.9 Å². The smallest absolute Gasteiger partial charge is 0.266 e. The second-order valence-electron chi connectivity index (χ2n) is 4.37. The number of hydrogen-bond acceptors (Lipinski definition) is 4. The fraction of sp³-hybridized carbons (Fsp3) is 0.286. The molecule has 0 radical (unpaired) electrons. The predicted octanol–water partition coefficient (Wildman–Crippen LogP) is 1.60. The lowest BCUT2D eigenvalue weighted by Gasteiger charge is -2.07. The Hall–Kier alpha value is -2.30. The van der Waals surface area contributed by atoms with Gasteiger partial charge in [0.25, 0.3) is 5.56 Å². The van der Waals surface area contributed by atoms with Gasteiger partial charge in [0, 0.05) is 24.7 Å². The molecule has 0 amide bonds. The van der Waals surface area contributed by atoms with Crippen LogP contribution in [0.4, 0.5) is 5.69 Å². The number of nitrogens with two attached hydrogens (primary N) is 1. The molecule has 100 valence electrons. The summed E-state index contributed by atoms with van der Waals surface area (Å²) in [5.74, 6) is 0.776. The van der Waals surface area contributed by atoms with Crippen LogP contribution in [0, 0.1) is 6.92 Å². The van der Waals surface area contributed by atoms with Crippen molar-refractivity contribution in [3.63, 3.8) is 0 Å². The van der Waals surface area contributed by atoms with E-state index in [-0.39, 0.29) is 5.56 Å². The Bertz CT molecular complexity index is 590. The molecule has 1 aromatic heterocycles. The van der Waals surface area contributed by atoms with Crippen molar-refractivity contribution in [1.82, 2.24) is 9.78 Å². The number of nitrogen functional groups attached to an aromatic ring is 1. The third-order valence-electron chi connectivity index (χ3n) is 2.67. The van der Waals surface area contributed by atoms with Crippen molar-refractivity contribution in [1.29, 1.82) is 0 Å². The molecule has 0 unspecified atom stereocenters. The summed E-state index contributed by atoms with van der Waals surface area (Å²) < 4.78 is 6.99. The molecular formula is C14H17N3O2. The quantitative estimate of drug-likeness (QED) is 0.654. The second-order valence-corrected chi connectivity index (χ2v) is 4.37. The summed E-state index contributed by atoms with van der Waals surface area (Å²) in [4.78, 5) is 11.6. The Morgan fingerprint density at radius 1 is 1.32 bits per heavy atom. The minimum absolute atomic E-state index is 0.0764. The number of ether oxygens (including phenoxy) is 1. The maximum Gasteiger partial charge on any atom is 0.266 e. The van der Waals surface area contributed by atoms with Crippen LogP contribution in [0.2, 0.25) is 0 Å². The van der Waals surface area contributed by atoms with E-state index in [9.17, 15) is 4.79 Å². The van der Waals surface area contributed by atoms with Crippen LogP contribution in [-0.2, 0) is 6.54 Å². The van der Waals surface area contributed by atoms with Crippen LogP contribution >= 0.6 is 0 Å².